The average molecular weight is 216 g/mol. The maximum atomic E-state index is 5.55. The van der Waals surface area contributed by atoms with Crippen molar-refractivity contribution in [2.24, 2.45) is 12.8 Å². The van der Waals surface area contributed by atoms with E-state index in [-0.39, 0.29) is 0 Å². The summed E-state index contributed by atoms with van der Waals surface area (Å²) >= 11 is 0. The Kier molecular flexibility index (Phi) is 2.92. The summed E-state index contributed by atoms with van der Waals surface area (Å²) in [5, 5.41) is 7.50. The lowest BCUT2D eigenvalue weighted by Gasteiger charge is -2.06. The molecule has 0 fully saturated rings. The standard InChI is InChI=1S/C12H16N4/c1-9-12(8-14-16(9)2)15-11-5-3-10(7-13)4-6-11/h3-6,8,15H,7,13H2,1-2H3. The zero-order valence-corrected chi connectivity index (χ0v) is 9.57. The van der Waals surface area contributed by atoms with E-state index in [1.807, 2.05) is 49.1 Å². The van der Waals surface area contributed by atoms with Gasteiger partial charge < -0.3 is 11.1 Å². The Morgan fingerprint density at radius 3 is 2.50 bits per heavy atom. The lowest BCUT2D eigenvalue weighted by atomic mass is 10.2. The van der Waals surface area contributed by atoms with Crippen LogP contribution in [0, 0.1) is 6.92 Å². The van der Waals surface area contributed by atoms with Crippen molar-refractivity contribution in [3.8, 4) is 0 Å². The number of benzene rings is 1. The second-order valence-electron chi connectivity index (χ2n) is 3.79. The van der Waals surface area contributed by atoms with Gasteiger partial charge in [-0.15, -0.1) is 0 Å². The first kappa shape index (κ1) is 10.7. The maximum absolute atomic E-state index is 5.55. The molecule has 0 atom stereocenters. The molecular formula is C12H16N4. The number of nitrogens with one attached hydrogen (secondary N) is 1. The fraction of sp³-hybridized carbons (Fsp3) is 0.250. The smallest absolute Gasteiger partial charge is 0.0800 e. The summed E-state index contributed by atoms with van der Waals surface area (Å²) in [4.78, 5) is 0. The molecule has 0 aliphatic rings. The molecular weight excluding hydrogens is 200 g/mol. The quantitative estimate of drug-likeness (QED) is 0.824. The van der Waals surface area contributed by atoms with E-state index in [0.29, 0.717) is 6.54 Å². The van der Waals surface area contributed by atoms with Gasteiger partial charge in [-0.2, -0.15) is 5.10 Å². The highest BCUT2D eigenvalue weighted by molar-refractivity contribution is 5.61. The van der Waals surface area contributed by atoms with Crippen LogP contribution in [0.5, 0.6) is 0 Å². The van der Waals surface area contributed by atoms with E-state index in [4.69, 9.17) is 5.73 Å². The molecule has 0 radical (unpaired) electrons. The Hall–Kier alpha value is -1.81. The minimum Gasteiger partial charge on any atom is -0.353 e. The predicted octanol–water partition coefficient (Wildman–Crippen LogP) is 1.93. The molecule has 1 heterocycles. The molecule has 0 saturated carbocycles. The fourth-order valence-electron chi connectivity index (χ4n) is 1.50. The monoisotopic (exact) mass is 216 g/mol. The number of aryl methyl sites for hydroxylation is 1. The molecule has 0 aliphatic heterocycles. The van der Waals surface area contributed by atoms with Crippen molar-refractivity contribution in [2.45, 2.75) is 13.5 Å². The van der Waals surface area contributed by atoms with Crippen LogP contribution in [0.4, 0.5) is 11.4 Å². The summed E-state index contributed by atoms with van der Waals surface area (Å²) in [5.41, 5.74) is 9.87. The van der Waals surface area contributed by atoms with Gasteiger partial charge in [0.25, 0.3) is 0 Å². The average Bonchev–Trinajstić information content (AvgIpc) is 2.62. The number of nitrogens with zero attached hydrogens (tertiary/aromatic N) is 2. The van der Waals surface area contributed by atoms with E-state index < -0.39 is 0 Å². The zero-order chi connectivity index (χ0) is 11.5. The Bertz CT molecular complexity index is 470. The van der Waals surface area contributed by atoms with Crippen LogP contribution in [0.3, 0.4) is 0 Å². The Morgan fingerprint density at radius 2 is 2.00 bits per heavy atom. The van der Waals surface area contributed by atoms with E-state index in [9.17, 15) is 0 Å². The largest absolute Gasteiger partial charge is 0.353 e. The van der Waals surface area contributed by atoms with Crippen LogP contribution < -0.4 is 11.1 Å². The summed E-state index contributed by atoms with van der Waals surface area (Å²) in [6, 6.07) is 8.09. The van der Waals surface area contributed by atoms with Gasteiger partial charge in [-0.3, -0.25) is 4.68 Å². The van der Waals surface area contributed by atoms with Crippen molar-refractivity contribution in [3.05, 3.63) is 41.7 Å². The van der Waals surface area contributed by atoms with Gasteiger partial charge in [-0.25, -0.2) is 0 Å². The number of hydrogen-bond donors (Lipinski definition) is 2. The third kappa shape index (κ3) is 2.06. The normalized spacial score (nSPS) is 10.4. The zero-order valence-electron chi connectivity index (χ0n) is 9.57. The summed E-state index contributed by atoms with van der Waals surface area (Å²) in [5.74, 6) is 0. The van der Waals surface area contributed by atoms with Crippen molar-refractivity contribution in [1.82, 2.24) is 9.78 Å². The highest BCUT2D eigenvalue weighted by Gasteiger charge is 2.03. The highest BCUT2D eigenvalue weighted by atomic mass is 15.3. The number of hydrogen-bond acceptors (Lipinski definition) is 3. The number of aromatic nitrogens is 2. The topological polar surface area (TPSA) is 55.9 Å². The Balaban J connectivity index is 2.17. The molecule has 0 spiro atoms. The van der Waals surface area contributed by atoms with E-state index >= 15 is 0 Å². The fourth-order valence-corrected chi connectivity index (χ4v) is 1.50. The van der Waals surface area contributed by atoms with Gasteiger partial charge in [-0.05, 0) is 24.6 Å². The molecule has 4 heteroatoms. The predicted molar refractivity (Wildman–Crippen MR) is 65.6 cm³/mol. The lowest BCUT2D eigenvalue weighted by Crippen LogP contribution is -1.97. The minimum absolute atomic E-state index is 0.576. The van der Waals surface area contributed by atoms with Gasteiger partial charge in [0.2, 0.25) is 0 Å². The molecule has 3 N–H and O–H groups in total. The third-order valence-corrected chi connectivity index (χ3v) is 2.70. The van der Waals surface area contributed by atoms with Crippen molar-refractivity contribution in [2.75, 3.05) is 5.32 Å². The van der Waals surface area contributed by atoms with Crippen LogP contribution in [-0.4, -0.2) is 9.78 Å². The van der Waals surface area contributed by atoms with Crippen LogP contribution >= 0.6 is 0 Å². The van der Waals surface area contributed by atoms with Crippen LogP contribution in [0.1, 0.15) is 11.3 Å². The molecule has 0 unspecified atom stereocenters. The second-order valence-corrected chi connectivity index (χ2v) is 3.79. The highest BCUT2D eigenvalue weighted by Crippen LogP contribution is 2.19. The summed E-state index contributed by atoms with van der Waals surface area (Å²) in [6.45, 7) is 2.61. The molecule has 0 aliphatic carbocycles. The van der Waals surface area contributed by atoms with Gasteiger partial charge in [-0.1, -0.05) is 12.1 Å². The third-order valence-electron chi connectivity index (χ3n) is 2.70. The first-order chi connectivity index (χ1) is 7.70. The van der Waals surface area contributed by atoms with Crippen molar-refractivity contribution in [3.63, 3.8) is 0 Å². The van der Waals surface area contributed by atoms with E-state index in [1.54, 1.807) is 0 Å². The van der Waals surface area contributed by atoms with Crippen LogP contribution in [0.15, 0.2) is 30.5 Å². The molecule has 2 aromatic rings. The molecule has 0 amide bonds. The minimum atomic E-state index is 0.576. The number of rotatable bonds is 3. The van der Waals surface area contributed by atoms with Gasteiger partial charge >= 0.3 is 0 Å². The summed E-state index contributed by atoms with van der Waals surface area (Å²) < 4.78 is 1.84. The molecule has 16 heavy (non-hydrogen) atoms. The Labute approximate surface area is 95.1 Å². The molecule has 4 nitrogen and oxygen atoms in total. The van der Waals surface area contributed by atoms with Crippen molar-refractivity contribution >= 4 is 11.4 Å². The maximum Gasteiger partial charge on any atom is 0.0800 e. The first-order valence-electron chi connectivity index (χ1n) is 5.25. The molecule has 1 aromatic carbocycles. The van der Waals surface area contributed by atoms with Crippen LogP contribution in [-0.2, 0) is 13.6 Å². The van der Waals surface area contributed by atoms with E-state index in [2.05, 4.69) is 10.4 Å². The first-order valence-corrected chi connectivity index (χ1v) is 5.25. The summed E-state index contributed by atoms with van der Waals surface area (Å²) in [7, 11) is 1.93. The van der Waals surface area contributed by atoms with Crippen LogP contribution in [0.25, 0.3) is 0 Å². The second kappa shape index (κ2) is 4.37. The van der Waals surface area contributed by atoms with Gasteiger partial charge in [0.1, 0.15) is 0 Å². The van der Waals surface area contributed by atoms with E-state index in [1.165, 1.54) is 0 Å². The SMILES string of the molecule is Cc1c(Nc2ccc(CN)cc2)cnn1C. The molecule has 0 bridgehead atoms. The van der Waals surface area contributed by atoms with Gasteiger partial charge in [0, 0.05) is 19.3 Å². The molecule has 0 saturated heterocycles. The summed E-state index contributed by atoms with van der Waals surface area (Å²) in [6.07, 6.45) is 1.83. The van der Waals surface area contributed by atoms with Gasteiger partial charge in [0.05, 0.1) is 17.6 Å². The number of nitrogens with two attached hydrogens (primary N) is 1. The lowest BCUT2D eigenvalue weighted by molar-refractivity contribution is 0.740. The Morgan fingerprint density at radius 1 is 1.31 bits per heavy atom. The van der Waals surface area contributed by atoms with E-state index in [0.717, 1.165) is 22.6 Å². The van der Waals surface area contributed by atoms with Crippen LogP contribution in [0.2, 0.25) is 0 Å². The molecule has 1 aromatic heterocycles. The van der Waals surface area contributed by atoms with Crippen molar-refractivity contribution < 1.29 is 0 Å². The number of anilines is 2. The van der Waals surface area contributed by atoms with Crippen molar-refractivity contribution in [1.29, 1.82) is 0 Å². The van der Waals surface area contributed by atoms with Gasteiger partial charge in [0.15, 0.2) is 0 Å². The molecule has 84 valence electrons. The molecule has 2 rings (SSSR count).